The summed E-state index contributed by atoms with van der Waals surface area (Å²) >= 11 is 0. The lowest BCUT2D eigenvalue weighted by Crippen LogP contribution is -2.65. The second-order valence-electron chi connectivity index (χ2n) is 7.14. The van der Waals surface area contributed by atoms with E-state index in [-0.39, 0.29) is 0 Å². The fourth-order valence-corrected chi connectivity index (χ4v) is 4.20. The van der Waals surface area contributed by atoms with Crippen LogP contribution >= 0.6 is 0 Å². The summed E-state index contributed by atoms with van der Waals surface area (Å²) in [6, 6.07) is 12.3. The van der Waals surface area contributed by atoms with Crippen LogP contribution in [-0.4, -0.2) is 35.6 Å². The first-order valence-electron chi connectivity index (χ1n) is 8.77. The Balaban J connectivity index is 1.73. The fraction of sp³-hybridized carbons (Fsp3) is 0.684. The van der Waals surface area contributed by atoms with Gasteiger partial charge < -0.3 is 5.32 Å². The fourth-order valence-electron chi connectivity index (χ4n) is 4.20. The average Bonchev–Trinajstić information content (AvgIpc) is 2.98. The van der Waals surface area contributed by atoms with Gasteiger partial charge in [-0.2, -0.15) is 0 Å². The number of hydrogen-bond acceptors (Lipinski definition) is 2. The van der Waals surface area contributed by atoms with Crippen LogP contribution in [0.4, 0.5) is 0 Å². The summed E-state index contributed by atoms with van der Waals surface area (Å²) < 4.78 is 0. The van der Waals surface area contributed by atoms with Gasteiger partial charge in [-0.1, -0.05) is 50.1 Å². The van der Waals surface area contributed by atoms with Crippen molar-refractivity contribution >= 4 is 0 Å². The molecule has 1 heterocycles. The van der Waals surface area contributed by atoms with Crippen LogP contribution in [0, 0.1) is 0 Å². The number of hydrogen-bond donors (Lipinski definition) is 1. The Bertz CT molecular complexity index is 436. The normalized spacial score (nSPS) is 27.0. The molecule has 21 heavy (non-hydrogen) atoms. The average molecular weight is 286 g/mol. The van der Waals surface area contributed by atoms with Crippen molar-refractivity contribution in [3.8, 4) is 0 Å². The smallest absolute Gasteiger partial charge is 0.0309 e. The Morgan fingerprint density at radius 3 is 2.62 bits per heavy atom. The van der Waals surface area contributed by atoms with Gasteiger partial charge in [-0.3, -0.25) is 4.90 Å². The minimum atomic E-state index is 0.427. The van der Waals surface area contributed by atoms with Gasteiger partial charge in [0.25, 0.3) is 0 Å². The third kappa shape index (κ3) is 3.32. The summed E-state index contributed by atoms with van der Waals surface area (Å²) in [7, 11) is 0. The zero-order valence-corrected chi connectivity index (χ0v) is 13.6. The molecule has 1 aromatic rings. The Labute approximate surface area is 129 Å². The van der Waals surface area contributed by atoms with Gasteiger partial charge in [0.05, 0.1) is 0 Å². The van der Waals surface area contributed by atoms with Gasteiger partial charge in [0.1, 0.15) is 0 Å². The lowest BCUT2D eigenvalue weighted by molar-refractivity contribution is 0.0472. The number of benzene rings is 1. The van der Waals surface area contributed by atoms with Crippen molar-refractivity contribution in [1.82, 2.24) is 10.2 Å². The molecule has 1 spiro atoms. The minimum absolute atomic E-state index is 0.427. The molecular formula is C19H30N2. The maximum absolute atomic E-state index is 3.93. The highest BCUT2D eigenvalue weighted by Gasteiger charge is 2.41. The van der Waals surface area contributed by atoms with E-state index in [4.69, 9.17) is 0 Å². The Hall–Kier alpha value is -0.860. The van der Waals surface area contributed by atoms with Gasteiger partial charge in [0, 0.05) is 30.7 Å². The molecule has 2 nitrogen and oxygen atoms in total. The summed E-state index contributed by atoms with van der Waals surface area (Å²) in [5.74, 6) is 0. The molecule has 1 aliphatic heterocycles. The maximum Gasteiger partial charge on any atom is 0.0309 e. The van der Waals surface area contributed by atoms with Crippen LogP contribution in [0.25, 0.3) is 0 Å². The van der Waals surface area contributed by atoms with Crippen molar-refractivity contribution in [3.05, 3.63) is 35.9 Å². The topological polar surface area (TPSA) is 15.3 Å². The SMILES string of the molecule is CCC(C)N1CC2(CCCC2)NCC1Cc1ccccc1. The first kappa shape index (κ1) is 15.1. The molecular weight excluding hydrogens is 256 g/mol. The van der Waals surface area contributed by atoms with Crippen LogP contribution in [0.2, 0.25) is 0 Å². The molecule has 3 rings (SSSR count). The molecule has 1 saturated heterocycles. The maximum atomic E-state index is 3.93. The summed E-state index contributed by atoms with van der Waals surface area (Å²) in [6.45, 7) is 7.14. The monoisotopic (exact) mass is 286 g/mol. The summed E-state index contributed by atoms with van der Waals surface area (Å²) in [6.07, 6.45) is 7.99. The molecule has 1 N–H and O–H groups in total. The predicted molar refractivity (Wildman–Crippen MR) is 89.6 cm³/mol. The van der Waals surface area contributed by atoms with Crippen molar-refractivity contribution in [2.45, 2.75) is 70.0 Å². The van der Waals surface area contributed by atoms with Crippen molar-refractivity contribution in [1.29, 1.82) is 0 Å². The molecule has 1 aliphatic carbocycles. The van der Waals surface area contributed by atoms with E-state index in [0.29, 0.717) is 17.6 Å². The Morgan fingerprint density at radius 2 is 1.95 bits per heavy atom. The molecule has 0 radical (unpaired) electrons. The molecule has 2 atom stereocenters. The zero-order chi connectivity index (χ0) is 14.7. The van der Waals surface area contributed by atoms with E-state index in [1.165, 1.54) is 50.6 Å². The second-order valence-corrected chi connectivity index (χ2v) is 7.14. The summed E-state index contributed by atoms with van der Waals surface area (Å²) in [5.41, 5.74) is 1.90. The number of rotatable bonds is 4. The second kappa shape index (κ2) is 6.50. The first-order valence-corrected chi connectivity index (χ1v) is 8.77. The quantitative estimate of drug-likeness (QED) is 0.909. The van der Waals surface area contributed by atoms with E-state index >= 15 is 0 Å². The number of nitrogens with zero attached hydrogens (tertiary/aromatic N) is 1. The predicted octanol–water partition coefficient (Wildman–Crippen LogP) is 3.61. The molecule has 2 unspecified atom stereocenters. The van der Waals surface area contributed by atoms with Crippen molar-refractivity contribution in [3.63, 3.8) is 0 Å². The van der Waals surface area contributed by atoms with E-state index in [0.717, 1.165) is 6.54 Å². The van der Waals surface area contributed by atoms with Crippen LogP contribution in [0.1, 0.15) is 51.5 Å². The summed E-state index contributed by atoms with van der Waals surface area (Å²) in [4.78, 5) is 2.80. The van der Waals surface area contributed by atoms with E-state index in [2.05, 4.69) is 54.4 Å². The highest BCUT2D eigenvalue weighted by Crippen LogP contribution is 2.34. The van der Waals surface area contributed by atoms with E-state index in [1.54, 1.807) is 0 Å². The van der Waals surface area contributed by atoms with Gasteiger partial charge in [-0.25, -0.2) is 0 Å². The van der Waals surface area contributed by atoms with Crippen molar-refractivity contribution < 1.29 is 0 Å². The molecule has 1 aromatic carbocycles. The van der Waals surface area contributed by atoms with Crippen LogP contribution < -0.4 is 5.32 Å². The lowest BCUT2D eigenvalue weighted by Gasteiger charge is -2.49. The number of nitrogens with one attached hydrogen (secondary N) is 1. The molecule has 0 aromatic heterocycles. The minimum Gasteiger partial charge on any atom is -0.308 e. The molecule has 2 aliphatic rings. The Kier molecular flexibility index (Phi) is 4.66. The molecule has 0 bridgehead atoms. The number of piperazine rings is 1. The van der Waals surface area contributed by atoms with Crippen LogP contribution in [0.3, 0.4) is 0 Å². The molecule has 0 amide bonds. The van der Waals surface area contributed by atoms with Gasteiger partial charge in [-0.15, -0.1) is 0 Å². The molecule has 1 saturated carbocycles. The van der Waals surface area contributed by atoms with E-state index in [1.807, 2.05) is 0 Å². The molecule has 2 heteroatoms. The van der Waals surface area contributed by atoms with Gasteiger partial charge >= 0.3 is 0 Å². The third-order valence-electron chi connectivity index (χ3n) is 5.70. The van der Waals surface area contributed by atoms with Crippen molar-refractivity contribution in [2.24, 2.45) is 0 Å². The van der Waals surface area contributed by atoms with Gasteiger partial charge in [-0.05, 0) is 38.2 Å². The molecule has 2 fully saturated rings. The van der Waals surface area contributed by atoms with Gasteiger partial charge in [0.2, 0.25) is 0 Å². The van der Waals surface area contributed by atoms with Crippen molar-refractivity contribution in [2.75, 3.05) is 13.1 Å². The highest BCUT2D eigenvalue weighted by molar-refractivity contribution is 5.17. The lowest BCUT2D eigenvalue weighted by atomic mass is 9.89. The van der Waals surface area contributed by atoms with Gasteiger partial charge in [0.15, 0.2) is 0 Å². The third-order valence-corrected chi connectivity index (χ3v) is 5.70. The largest absolute Gasteiger partial charge is 0.308 e. The zero-order valence-electron chi connectivity index (χ0n) is 13.6. The van der Waals surface area contributed by atoms with Crippen LogP contribution in [0.15, 0.2) is 30.3 Å². The standard InChI is InChI=1S/C19H30N2/c1-3-16(2)21-15-19(11-7-8-12-19)20-14-18(21)13-17-9-5-4-6-10-17/h4-6,9-10,16,18,20H,3,7-8,11-15H2,1-2H3. The van der Waals surface area contributed by atoms with E-state index in [9.17, 15) is 0 Å². The Morgan fingerprint density at radius 1 is 1.24 bits per heavy atom. The molecule has 116 valence electrons. The summed E-state index contributed by atoms with van der Waals surface area (Å²) in [5, 5.41) is 3.93. The highest BCUT2D eigenvalue weighted by atomic mass is 15.3. The first-order chi connectivity index (χ1) is 10.2. The van der Waals surface area contributed by atoms with E-state index < -0.39 is 0 Å². The van der Waals surface area contributed by atoms with Crippen LogP contribution in [-0.2, 0) is 6.42 Å². The van der Waals surface area contributed by atoms with Crippen LogP contribution in [0.5, 0.6) is 0 Å².